The number of amides is 2. The van der Waals surface area contributed by atoms with E-state index < -0.39 is 23.2 Å². The number of pyridine rings is 1. The lowest BCUT2D eigenvalue weighted by atomic mass is 10.1. The highest BCUT2D eigenvalue weighted by molar-refractivity contribution is 6.05. The molecular formula is C19H19N3O4. The highest BCUT2D eigenvalue weighted by atomic mass is 16.4. The van der Waals surface area contributed by atoms with Crippen LogP contribution in [0.4, 0.5) is 11.5 Å². The fourth-order valence-electron chi connectivity index (χ4n) is 3.17. The summed E-state index contributed by atoms with van der Waals surface area (Å²) < 4.78 is 0. The fraction of sp³-hybridized carbons (Fsp3) is 0.263. The van der Waals surface area contributed by atoms with Crippen LogP contribution in [0.2, 0.25) is 0 Å². The zero-order valence-electron chi connectivity index (χ0n) is 14.4. The normalized spacial score (nSPS) is 20.1. The molecule has 7 heteroatoms. The molecular weight excluding hydrogens is 334 g/mol. The molecule has 7 nitrogen and oxygen atoms in total. The summed E-state index contributed by atoms with van der Waals surface area (Å²) in [6.45, 7) is 3.51. The number of nitrogens with one attached hydrogen (secondary N) is 2. The molecule has 0 bridgehead atoms. The lowest BCUT2D eigenvalue weighted by molar-refractivity contribution is -0.140. The fourth-order valence-corrected chi connectivity index (χ4v) is 3.17. The van der Waals surface area contributed by atoms with Crippen LogP contribution in [0.15, 0.2) is 48.7 Å². The van der Waals surface area contributed by atoms with E-state index in [0.717, 1.165) is 0 Å². The molecule has 1 aromatic carbocycles. The Kier molecular flexibility index (Phi) is 4.46. The van der Waals surface area contributed by atoms with E-state index in [1.54, 1.807) is 62.5 Å². The van der Waals surface area contributed by atoms with Gasteiger partial charge in [0.05, 0.1) is 11.8 Å². The van der Waals surface area contributed by atoms with Gasteiger partial charge in [0.25, 0.3) is 5.91 Å². The number of nitrogens with zero attached hydrogens (tertiary/aromatic N) is 1. The molecule has 3 rings (SSSR count). The Hall–Kier alpha value is -3.22. The molecule has 1 aliphatic rings. The van der Waals surface area contributed by atoms with Gasteiger partial charge in [-0.2, -0.15) is 0 Å². The predicted molar refractivity (Wildman–Crippen MR) is 95.7 cm³/mol. The minimum absolute atomic E-state index is 0.352. The largest absolute Gasteiger partial charge is 0.481 e. The third kappa shape index (κ3) is 3.42. The van der Waals surface area contributed by atoms with Crippen LogP contribution in [0.25, 0.3) is 0 Å². The Balaban J connectivity index is 1.69. The summed E-state index contributed by atoms with van der Waals surface area (Å²) in [6.07, 6.45) is 1.57. The first-order chi connectivity index (χ1) is 12.3. The van der Waals surface area contributed by atoms with Crippen LogP contribution in [0.5, 0.6) is 0 Å². The Morgan fingerprint density at radius 3 is 2.42 bits per heavy atom. The van der Waals surface area contributed by atoms with Crippen molar-refractivity contribution in [1.29, 1.82) is 0 Å². The van der Waals surface area contributed by atoms with Crippen molar-refractivity contribution in [3.8, 4) is 0 Å². The molecule has 0 saturated heterocycles. The number of anilines is 2. The number of aromatic nitrogens is 1. The summed E-state index contributed by atoms with van der Waals surface area (Å²) >= 11 is 0. The Labute approximate surface area is 150 Å². The third-order valence-corrected chi connectivity index (χ3v) is 4.67. The molecule has 1 heterocycles. The van der Waals surface area contributed by atoms with E-state index in [1.165, 1.54) is 0 Å². The van der Waals surface area contributed by atoms with Crippen LogP contribution in [-0.4, -0.2) is 27.9 Å². The van der Waals surface area contributed by atoms with E-state index in [9.17, 15) is 19.5 Å². The number of benzene rings is 1. The lowest BCUT2D eigenvalue weighted by Crippen LogP contribution is -2.18. The van der Waals surface area contributed by atoms with Crippen molar-refractivity contribution in [2.24, 2.45) is 17.3 Å². The van der Waals surface area contributed by atoms with E-state index in [-0.39, 0.29) is 11.8 Å². The van der Waals surface area contributed by atoms with Crippen molar-refractivity contribution < 1.29 is 19.5 Å². The highest BCUT2D eigenvalue weighted by Gasteiger charge is 2.65. The van der Waals surface area contributed by atoms with Gasteiger partial charge in [0.15, 0.2) is 0 Å². The average molecular weight is 353 g/mol. The van der Waals surface area contributed by atoms with Gasteiger partial charge in [-0.3, -0.25) is 14.4 Å². The lowest BCUT2D eigenvalue weighted by Gasteiger charge is -2.08. The van der Waals surface area contributed by atoms with Crippen LogP contribution in [0, 0.1) is 17.3 Å². The molecule has 1 aliphatic carbocycles. The first-order valence-electron chi connectivity index (χ1n) is 8.17. The number of rotatable bonds is 5. The van der Waals surface area contributed by atoms with Crippen molar-refractivity contribution in [2.75, 3.05) is 10.6 Å². The van der Waals surface area contributed by atoms with Gasteiger partial charge in [-0.05, 0) is 35.7 Å². The van der Waals surface area contributed by atoms with Gasteiger partial charge in [0, 0.05) is 17.4 Å². The summed E-state index contributed by atoms with van der Waals surface area (Å²) in [5, 5.41) is 14.6. The maximum Gasteiger partial charge on any atom is 0.307 e. The molecule has 0 aliphatic heterocycles. The van der Waals surface area contributed by atoms with E-state index in [1.807, 2.05) is 0 Å². The maximum atomic E-state index is 12.4. The minimum Gasteiger partial charge on any atom is -0.481 e. The minimum atomic E-state index is -0.973. The van der Waals surface area contributed by atoms with Crippen LogP contribution >= 0.6 is 0 Å². The smallest absolute Gasteiger partial charge is 0.307 e. The quantitative estimate of drug-likeness (QED) is 0.766. The molecule has 0 spiro atoms. The first kappa shape index (κ1) is 17.6. The van der Waals surface area contributed by atoms with E-state index in [2.05, 4.69) is 15.6 Å². The monoisotopic (exact) mass is 353 g/mol. The second-order valence-electron chi connectivity index (χ2n) is 6.85. The van der Waals surface area contributed by atoms with Crippen molar-refractivity contribution in [3.63, 3.8) is 0 Å². The molecule has 2 atom stereocenters. The number of aliphatic carboxylic acids is 1. The second-order valence-corrected chi connectivity index (χ2v) is 6.85. The van der Waals surface area contributed by atoms with Gasteiger partial charge in [0.1, 0.15) is 5.82 Å². The molecule has 3 N–H and O–H groups in total. The second kappa shape index (κ2) is 6.59. The first-order valence-corrected chi connectivity index (χ1v) is 8.17. The Morgan fingerprint density at radius 2 is 1.81 bits per heavy atom. The van der Waals surface area contributed by atoms with Gasteiger partial charge in [-0.1, -0.05) is 26.0 Å². The van der Waals surface area contributed by atoms with Crippen LogP contribution in [-0.2, 0) is 9.59 Å². The zero-order chi connectivity index (χ0) is 18.9. The molecule has 2 amide bonds. The Bertz CT molecular complexity index is 864. The SMILES string of the molecule is CC1(C)[C@H](C(=O)O)[C@H]1C(=O)Nc1cccc(C(=O)Nc2ccccn2)c1. The molecule has 134 valence electrons. The van der Waals surface area contributed by atoms with Gasteiger partial charge >= 0.3 is 5.97 Å². The summed E-state index contributed by atoms with van der Waals surface area (Å²) in [7, 11) is 0. The van der Waals surface area contributed by atoms with Crippen molar-refractivity contribution >= 4 is 29.3 Å². The Morgan fingerprint density at radius 1 is 1.04 bits per heavy atom. The molecule has 1 fully saturated rings. The molecule has 1 aromatic heterocycles. The van der Waals surface area contributed by atoms with Crippen molar-refractivity contribution in [3.05, 3.63) is 54.2 Å². The summed E-state index contributed by atoms with van der Waals surface area (Å²) in [5.74, 6) is -2.54. The highest BCUT2D eigenvalue weighted by Crippen LogP contribution is 2.58. The van der Waals surface area contributed by atoms with Crippen LogP contribution in [0.3, 0.4) is 0 Å². The van der Waals surface area contributed by atoms with E-state index >= 15 is 0 Å². The van der Waals surface area contributed by atoms with E-state index in [0.29, 0.717) is 17.1 Å². The summed E-state index contributed by atoms with van der Waals surface area (Å²) in [5.41, 5.74) is 0.220. The third-order valence-electron chi connectivity index (χ3n) is 4.67. The van der Waals surface area contributed by atoms with Gasteiger partial charge < -0.3 is 15.7 Å². The van der Waals surface area contributed by atoms with Crippen molar-refractivity contribution in [2.45, 2.75) is 13.8 Å². The molecule has 0 radical (unpaired) electrons. The zero-order valence-corrected chi connectivity index (χ0v) is 14.4. The number of carbonyl (C=O) groups excluding carboxylic acids is 2. The maximum absolute atomic E-state index is 12.4. The van der Waals surface area contributed by atoms with Crippen LogP contribution in [0.1, 0.15) is 24.2 Å². The summed E-state index contributed by atoms with van der Waals surface area (Å²) in [6, 6.07) is 11.6. The van der Waals surface area contributed by atoms with Gasteiger partial charge in [-0.15, -0.1) is 0 Å². The number of hydrogen-bond donors (Lipinski definition) is 3. The predicted octanol–water partition coefficient (Wildman–Crippen LogP) is 2.63. The number of carboxylic acids is 1. The molecule has 0 unspecified atom stereocenters. The standard InChI is InChI=1S/C19H19N3O4/c1-19(2)14(15(19)18(25)26)17(24)21-12-7-5-6-11(10-12)16(23)22-13-8-3-4-9-20-13/h3-10,14-15H,1-2H3,(H,21,24)(H,25,26)(H,20,22,23)/t14-,15-/m0/s1. The van der Waals surface area contributed by atoms with E-state index in [4.69, 9.17) is 0 Å². The molecule has 26 heavy (non-hydrogen) atoms. The number of carboxylic acid groups (broad SMARTS) is 1. The van der Waals surface area contributed by atoms with Gasteiger partial charge in [-0.25, -0.2) is 4.98 Å². The van der Waals surface area contributed by atoms with Crippen molar-refractivity contribution in [1.82, 2.24) is 4.98 Å². The molecule has 1 saturated carbocycles. The number of carbonyl (C=O) groups is 3. The number of hydrogen-bond acceptors (Lipinski definition) is 4. The summed E-state index contributed by atoms with van der Waals surface area (Å²) in [4.78, 5) is 39.9. The van der Waals surface area contributed by atoms with Gasteiger partial charge in [0.2, 0.25) is 5.91 Å². The average Bonchev–Trinajstić information content (AvgIpc) is 3.19. The van der Waals surface area contributed by atoms with Crippen LogP contribution < -0.4 is 10.6 Å². The molecule has 2 aromatic rings. The topological polar surface area (TPSA) is 108 Å².